The minimum atomic E-state index is -3.93. The fraction of sp³-hybridized carbons (Fsp3) is 0.300. The highest BCUT2D eigenvalue weighted by molar-refractivity contribution is 7.89. The minimum Gasteiger partial charge on any atom is -0.493 e. The van der Waals surface area contributed by atoms with E-state index in [1.807, 2.05) is 0 Å². The molecule has 0 aliphatic heterocycles. The van der Waals surface area contributed by atoms with Crippen LogP contribution in [0.5, 0.6) is 17.2 Å². The van der Waals surface area contributed by atoms with Gasteiger partial charge in [0.25, 0.3) is 0 Å². The molecule has 9 nitrogen and oxygen atoms in total. The number of ether oxygens (including phenoxy) is 4. The molecule has 2 aromatic rings. The number of benzene rings is 2. The SMILES string of the molecule is COc1cc(C(=O)COC(=O)CN(C)S(=O)(=O)c2ccc(Cl)cc2)cc(OC)c1OC. The van der Waals surface area contributed by atoms with E-state index in [1.165, 1.54) is 64.8 Å². The number of carbonyl (C=O) groups excluding carboxylic acids is 2. The molecule has 0 atom stereocenters. The van der Waals surface area contributed by atoms with Crippen molar-refractivity contribution in [1.29, 1.82) is 0 Å². The number of ketones is 1. The van der Waals surface area contributed by atoms with Gasteiger partial charge in [0.05, 0.1) is 26.2 Å². The van der Waals surface area contributed by atoms with Gasteiger partial charge in [0.15, 0.2) is 18.1 Å². The third-order valence-corrected chi connectivity index (χ3v) is 6.29. The van der Waals surface area contributed by atoms with E-state index in [2.05, 4.69) is 0 Å². The molecule has 0 amide bonds. The number of likely N-dealkylation sites (N-methyl/N-ethyl adjacent to an activating group) is 1. The van der Waals surface area contributed by atoms with E-state index < -0.39 is 34.9 Å². The first kappa shape index (κ1) is 24.4. The second-order valence-electron chi connectivity index (χ2n) is 6.21. The van der Waals surface area contributed by atoms with Gasteiger partial charge in [0, 0.05) is 17.6 Å². The molecule has 0 spiro atoms. The average molecular weight is 472 g/mol. The standard InChI is InChI=1S/C20H22ClNO8S/c1-22(31(25,26)15-7-5-14(21)6-8-15)11-19(24)30-12-16(23)13-9-17(27-2)20(29-4)18(10-13)28-3/h5-10H,11-12H2,1-4H3. The van der Waals surface area contributed by atoms with Gasteiger partial charge in [0.1, 0.15) is 6.54 Å². The van der Waals surface area contributed by atoms with Crippen LogP contribution in [0.3, 0.4) is 0 Å². The molecule has 0 unspecified atom stereocenters. The first-order chi connectivity index (χ1) is 14.6. The van der Waals surface area contributed by atoms with Crippen molar-refractivity contribution in [3.63, 3.8) is 0 Å². The van der Waals surface area contributed by atoms with E-state index in [0.29, 0.717) is 10.8 Å². The summed E-state index contributed by atoms with van der Waals surface area (Å²) in [5.74, 6) is -0.570. The number of hydrogen-bond donors (Lipinski definition) is 0. The van der Waals surface area contributed by atoms with Crippen molar-refractivity contribution in [3.05, 3.63) is 47.0 Å². The molecule has 2 rings (SSSR count). The summed E-state index contributed by atoms with van der Waals surface area (Å²) in [6.45, 7) is -1.17. The molecule has 0 saturated heterocycles. The zero-order valence-corrected chi connectivity index (χ0v) is 19.0. The summed E-state index contributed by atoms with van der Waals surface area (Å²) in [6.07, 6.45) is 0. The molecule has 0 N–H and O–H groups in total. The van der Waals surface area contributed by atoms with Crippen molar-refractivity contribution in [2.24, 2.45) is 0 Å². The van der Waals surface area contributed by atoms with Crippen molar-refractivity contribution >= 4 is 33.4 Å². The molecule has 2 aromatic carbocycles. The number of halogens is 1. The topological polar surface area (TPSA) is 108 Å². The van der Waals surface area contributed by atoms with Gasteiger partial charge in [-0.15, -0.1) is 0 Å². The van der Waals surface area contributed by atoms with Gasteiger partial charge in [0.2, 0.25) is 21.6 Å². The fourth-order valence-corrected chi connectivity index (χ4v) is 3.81. The van der Waals surface area contributed by atoms with E-state index in [4.69, 9.17) is 30.5 Å². The molecule has 0 heterocycles. The van der Waals surface area contributed by atoms with Crippen molar-refractivity contribution in [2.75, 3.05) is 41.5 Å². The van der Waals surface area contributed by atoms with E-state index in [1.54, 1.807) is 0 Å². The van der Waals surface area contributed by atoms with Gasteiger partial charge < -0.3 is 18.9 Å². The second kappa shape index (κ2) is 10.5. The van der Waals surface area contributed by atoms with Gasteiger partial charge in [-0.25, -0.2) is 8.42 Å². The van der Waals surface area contributed by atoms with E-state index in [9.17, 15) is 18.0 Å². The number of Topliss-reactive ketones (excluding diaryl/α,β-unsaturated/α-hetero) is 1. The molecule has 0 aromatic heterocycles. The van der Waals surface area contributed by atoms with Crippen LogP contribution < -0.4 is 14.2 Å². The summed E-state index contributed by atoms with van der Waals surface area (Å²) in [4.78, 5) is 24.5. The Hall–Kier alpha value is -2.82. The molecule has 31 heavy (non-hydrogen) atoms. The third kappa shape index (κ3) is 5.87. The maximum atomic E-state index is 12.5. The van der Waals surface area contributed by atoms with Crippen molar-refractivity contribution in [3.8, 4) is 17.2 Å². The smallest absolute Gasteiger partial charge is 0.321 e. The van der Waals surface area contributed by atoms with Crippen molar-refractivity contribution < 1.29 is 37.0 Å². The molecule has 0 fully saturated rings. The largest absolute Gasteiger partial charge is 0.493 e. The van der Waals surface area contributed by atoms with Crippen LogP contribution in [0.25, 0.3) is 0 Å². The Morgan fingerprint density at radius 2 is 1.52 bits per heavy atom. The monoisotopic (exact) mass is 471 g/mol. The predicted octanol–water partition coefficient (Wildman–Crippen LogP) is 2.41. The summed E-state index contributed by atoms with van der Waals surface area (Å²) in [6, 6.07) is 8.36. The molecule has 0 aliphatic rings. The lowest BCUT2D eigenvalue weighted by Crippen LogP contribution is -2.33. The van der Waals surface area contributed by atoms with Crippen LogP contribution >= 0.6 is 11.6 Å². The Morgan fingerprint density at radius 1 is 0.968 bits per heavy atom. The molecule has 0 radical (unpaired) electrons. The first-order valence-corrected chi connectivity index (χ1v) is 10.7. The number of nitrogens with zero attached hydrogens (tertiary/aromatic N) is 1. The Labute approximate surface area is 185 Å². The number of esters is 1. The average Bonchev–Trinajstić information content (AvgIpc) is 2.76. The summed E-state index contributed by atoms with van der Waals surface area (Å²) >= 11 is 5.76. The number of rotatable bonds is 10. The maximum absolute atomic E-state index is 12.5. The van der Waals surface area contributed by atoms with Crippen LogP contribution in [0, 0.1) is 0 Å². The quantitative estimate of drug-likeness (QED) is 0.384. The van der Waals surface area contributed by atoms with Gasteiger partial charge >= 0.3 is 5.97 Å². The van der Waals surface area contributed by atoms with E-state index in [-0.39, 0.29) is 22.0 Å². The lowest BCUT2D eigenvalue weighted by molar-refractivity contribution is -0.142. The Balaban J connectivity index is 2.04. The Bertz CT molecular complexity index is 1030. The van der Waals surface area contributed by atoms with Crippen LogP contribution in [-0.4, -0.2) is 66.0 Å². The van der Waals surface area contributed by atoms with Crippen molar-refractivity contribution in [1.82, 2.24) is 4.31 Å². The molecule has 0 bridgehead atoms. The second-order valence-corrected chi connectivity index (χ2v) is 8.69. The van der Waals surface area contributed by atoms with Crippen LogP contribution in [0.4, 0.5) is 0 Å². The summed E-state index contributed by atoms with van der Waals surface area (Å²) in [5.41, 5.74) is 0.171. The normalized spacial score (nSPS) is 11.2. The predicted molar refractivity (Wildman–Crippen MR) is 113 cm³/mol. The number of carbonyl (C=O) groups is 2. The first-order valence-electron chi connectivity index (χ1n) is 8.84. The number of hydrogen-bond acceptors (Lipinski definition) is 8. The van der Waals surface area contributed by atoms with Crippen LogP contribution in [0.15, 0.2) is 41.3 Å². The zero-order valence-electron chi connectivity index (χ0n) is 17.4. The lowest BCUT2D eigenvalue weighted by Gasteiger charge is -2.16. The summed E-state index contributed by atoms with van der Waals surface area (Å²) < 4.78 is 46.4. The summed E-state index contributed by atoms with van der Waals surface area (Å²) in [7, 11) is 1.54. The maximum Gasteiger partial charge on any atom is 0.321 e. The molecule has 11 heteroatoms. The van der Waals surface area contributed by atoms with Gasteiger partial charge in [-0.1, -0.05) is 11.6 Å². The van der Waals surface area contributed by atoms with E-state index in [0.717, 1.165) is 4.31 Å². The highest BCUT2D eigenvalue weighted by Gasteiger charge is 2.24. The van der Waals surface area contributed by atoms with Crippen LogP contribution in [-0.2, 0) is 19.6 Å². The Kier molecular flexibility index (Phi) is 8.26. The molecule has 0 aliphatic carbocycles. The Morgan fingerprint density at radius 3 is 2.00 bits per heavy atom. The third-order valence-electron chi connectivity index (χ3n) is 4.22. The van der Waals surface area contributed by atoms with E-state index >= 15 is 0 Å². The van der Waals surface area contributed by atoms with Crippen LogP contribution in [0.1, 0.15) is 10.4 Å². The van der Waals surface area contributed by atoms with Crippen LogP contribution in [0.2, 0.25) is 5.02 Å². The molecule has 0 saturated carbocycles. The van der Waals surface area contributed by atoms with Gasteiger partial charge in [-0.05, 0) is 36.4 Å². The highest BCUT2D eigenvalue weighted by Crippen LogP contribution is 2.38. The highest BCUT2D eigenvalue weighted by atomic mass is 35.5. The lowest BCUT2D eigenvalue weighted by atomic mass is 10.1. The zero-order chi connectivity index (χ0) is 23.2. The van der Waals surface area contributed by atoms with Gasteiger partial charge in [-0.3, -0.25) is 9.59 Å². The summed E-state index contributed by atoms with van der Waals surface area (Å²) in [5, 5.41) is 0.381. The minimum absolute atomic E-state index is 0.0271. The number of methoxy groups -OCH3 is 3. The number of sulfonamides is 1. The molecular weight excluding hydrogens is 450 g/mol. The van der Waals surface area contributed by atoms with Crippen molar-refractivity contribution in [2.45, 2.75) is 4.90 Å². The molecule has 168 valence electrons. The molecular formula is C20H22ClNO8S. The van der Waals surface area contributed by atoms with Gasteiger partial charge in [-0.2, -0.15) is 4.31 Å². The fourth-order valence-electron chi connectivity index (χ4n) is 2.57.